The summed E-state index contributed by atoms with van der Waals surface area (Å²) in [5.74, 6) is 1.15. The number of pyridine rings is 1. The summed E-state index contributed by atoms with van der Waals surface area (Å²) in [5.41, 5.74) is 0.448. The monoisotopic (exact) mass is 409 g/mol. The van der Waals surface area contributed by atoms with E-state index in [1.807, 2.05) is 30.3 Å². The lowest BCUT2D eigenvalue weighted by atomic mass is 10.0. The standard InChI is InChI=1S/C24H27NO5/c1-29-21-11-10-17(14-22(21)30-18-7-3-4-8-18)20(12-13-26)25-23(27)15-16-6-2-5-9-19(16)24(25)28/h2,5-6,9-11,14-15,18,20,26,28H,3-4,7-8,12-13H2,1H3. The minimum Gasteiger partial charge on any atom is -0.494 e. The van der Waals surface area contributed by atoms with Gasteiger partial charge in [0.2, 0.25) is 5.88 Å². The van der Waals surface area contributed by atoms with Crippen molar-refractivity contribution in [1.82, 2.24) is 4.57 Å². The third kappa shape index (κ3) is 3.87. The van der Waals surface area contributed by atoms with E-state index in [1.165, 1.54) is 10.6 Å². The van der Waals surface area contributed by atoms with E-state index < -0.39 is 6.04 Å². The zero-order valence-electron chi connectivity index (χ0n) is 17.1. The summed E-state index contributed by atoms with van der Waals surface area (Å²) >= 11 is 0. The van der Waals surface area contributed by atoms with Gasteiger partial charge in [0.05, 0.1) is 19.3 Å². The van der Waals surface area contributed by atoms with Crippen LogP contribution in [-0.2, 0) is 0 Å². The van der Waals surface area contributed by atoms with Gasteiger partial charge in [-0.05, 0) is 61.3 Å². The molecule has 1 atom stereocenters. The maximum atomic E-state index is 12.9. The lowest BCUT2D eigenvalue weighted by Crippen LogP contribution is -2.26. The smallest absolute Gasteiger partial charge is 0.254 e. The van der Waals surface area contributed by atoms with Crippen LogP contribution in [0.4, 0.5) is 0 Å². The number of fused-ring (bicyclic) bond motifs is 1. The van der Waals surface area contributed by atoms with Crippen molar-refractivity contribution < 1.29 is 19.7 Å². The highest BCUT2D eigenvalue weighted by Crippen LogP contribution is 2.37. The Morgan fingerprint density at radius 3 is 2.60 bits per heavy atom. The van der Waals surface area contributed by atoms with Crippen LogP contribution in [0.1, 0.15) is 43.7 Å². The molecule has 6 heteroatoms. The number of aliphatic hydroxyl groups excluding tert-OH is 1. The van der Waals surface area contributed by atoms with Crippen LogP contribution in [0.25, 0.3) is 10.8 Å². The van der Waals surface area contributed by atoms with Crippen LogP contribution in [0.2, 0.25) is 0 Å². The molecule has 1 heterocycles. The molecule has 2 N–H and O–H groups in total. The van der Waals surface area contributed by atoms with Crippen LogP contribution in [0.3, 0.4) is 0 Å². The zero-order chi connectivity index (χ0) is 21.1. The van der Waals surface area contributed by atoms with E-state index in [1.54, 1.807) is 19.2 Å². The van der Waals surface area contributed by atoms with Crippen molar-refractivity contribution in [3.8, 4) is 17.4 Å². The fourth-order valence-electron chi connectivity index (χ4n) is 4.31. The third-order valence-corrected chi connectivity index (χ3v) is 5.83. The number of hydrogen-bond donors (Lipinski definition) is 2. The molecule has 1 fully saturated rings. The van der Waals surface area contributed by atoms with Crippen molar-refractivity contribution in [2.45, 2.75) is 44.2 Å². The summed E-state index contributed by atoms with van der Waals surface area (Å²) in [6, 6.07) is 13.7. The molecule has 0 saturated heterocycles. The van der Waals surface area contributed by atoms with Crippen molar-refractivity contribution in [2.75, 3.05) is 13.7 Å². The average Bonchev–Trinajstić information content (AvgIpc) is 3.26. The summed E-state index contributed by atoms with van der Waals surface area (Å²) in [6.45, 7) is -0.131. The van der Waals surface area contributed by atoms with Gasteiger partial charge >= 0.3 is 0 Å². The molecular weight excluding hydrogens is 382 g/mol. The molecule has 158 valence electrons. The van der Waals surface area contributed by atoms with E-state index >= 15 is 0 Å². The number of benzene rings is 2. The third-order valence-electron chi connectivity index (χ3n) is 5.83. The molecule has 3 aromatic rings. The number of nitrogens with zero attached hydrogens (tertiary/aromatic N) is 1. The maximum absolute atomic E-state index is 12.9. The maximum Gasteiger partial charge on any atom is 0.254 e. The SMILES string of the molecule is COc1ccc(C(CCO)n2c(O)c3ccccc3cc2=O)cc1OC1CCCC1. The molecule has 1 aliphatic rings. The topological polar surface area (TPSA) is 80.9 Å². The van der Waals surface area contributed by atoms with Crippen LogP contribution >= 0.6 is 0 Å². The summed E-state index contributed by atoms with van der Waals surface area (Å²) < 4.78 is 13.0. The number of ether oxygens (including phenoxy) is 2. The number of hydrogen-bond acceptors (Lipinski definition) is 5. The Morgan fingerprint density at radius 1 is 1.10 bits per heavy atom. The molecule has 0 bridgehead atoms. The molecule has 4 rings (SSSR count). The lowest BCUT2D eigenvalue weighted by molar-refractivity contribution is 0.200. The minimum absolute atomic E-state index is 0.106. The Hall–Kier alpha value is -2.99. The van der Waals surface area contributed by atoms with E-state index in [0.717, 1.165) is 31.2 Å². The van der Waals surface area contributed by atoms with Crippen LogP contribution in [-0.4, -0.2) is 34.6 Å². The summed E-state index contributed by atoms with van der Waals surface area (Å²) in [6.07, 6.45) is 4.76. The average molecular weight is 409 g/mol. The van der Waals surface area contributed by atoms with E-state index in [4.69, 9.17) is 9.47 Å². The van der Waals surface area contributed by atoms with Gasteiger partial charge in [0.25, 0.3) is 5.56 Å². The molecule has 0 aliphatic heterocycles. The number of methoxy groups -OCH3 is 1. The number of rotatable bonds is 7. The van der Waals surface area contributed by atoms with Crippen LogP contribution in [0.5, 0.6) is 17.4 Å². The quantitative estimate of drug-likeness (QED) is 0.616. The molecule has 0 radical (unpaired) electrons. The van der Waals surface area contributed by atoms with Gasteiger partial charge in [-0.3, -0.25) is 9.36 Å². The first-order chi connectivity index (χ1) is 14.6. The van der Waals surface area contributed by atoms with Crippen molar-refractivity contribution in [1.29, 1.82) is 0 Å². The van der Waals surface area contributed by atoms with Gasteiger partial charge in [-0.15, -0.1) is 0 Å². The molecule has 1 aliphatic carbocycles. The number of aromatic hydroxyl groups is 1. The molecule has 1 saturated carbocycles. The van der Waals surface area contributed by atoms with Gasteiger partial charge in [-0.25, -0.2) is 0 Å². The van der Waals surface area contributed by atoms with Gasteiger partial charge in [0, 0.05) is 18.1 Å². The highest BCUT2D eigenvalue weighted by molar-refractivity contribution is 5.86. The van der Waals surface area contributed by atoms with Gasteiger partial charge in [-0.1, -0.05) is 24.3 Å². The highest BCUT2D eigenvalue weighted by atomic mass is 16.5. The number of aliphatic hydroxyl groups is 1. The normalized spacial score (nSPS) is 15.4. The van der Waals surface area contributed by atoms with E-state index in [9.17, 15) is 15.0 Å². The second kappa shape index (κ2) is 8.79. The largest absolute Gasteiger partial charge is 0.494 e. The Morgan fingerprint density at radius 2 is 1.87 bits per heavy atom. The second-order valence-electron chi connectivity index (χ2n) is 7.73. The van der Waals surface area contributed by atoms with Gasteiger partial charge < -0.3 is 19.7 Å². The predicted octanol–water partition coefficient (Wildman–Crippen LogP) is 4.01. The highest BCUT2D eigenvalue weighted by Gasteiger charge is 2.23. The molecule has 1 aromatic heterocycles. The van der Waals surface area contributed by atoms with Crippen molar-refractivity contribution >= 4 is 10.8 Å². The van der Waals surface area contributed by atoms with Crippen molar-refractivity contribution in [3.63, 3.8) is 0 Å². The first-order valence-electron chi connectivity index (χ1n) is 10.4. The van der Waals surface area contributed by atoms with E-state index in [0.29, 0.717) is 22.3 Å². The van der Waals surface area contributed by atoms with Crippen molar-refractivity contribution in [3.05, 3.63) is 64.4 Å². The Labute approximate surface area is 175 Å². The molecule has 2 aromatic carbocycles. The predicted molar refractivity (Wildman–Crippen MR) is 116 cm³/mol. The minimum atomic E-state index is -0.538. The molecule has 1 unspecified atom stereocenters. The second-order valence-corrected chi connectivity index (χ2v) is 7.73. The Bertz CT molecular complexity index is 1080. The van der Waals surface area contributed by atoms with Crippen LogP contribution in [0, 0.1) is 0 Å². The van der Waals surface area contributed by atoms with E-state index in [2.05, 4.69) is 0 Å². The van der Waals surface area contributed by atoms with Gasteiger partial charge in [0.1, 0.15) is 0 Å². The lowest BCUT2D eigenvalue weighted by Gasteiger charge is -2.23. The van der Waals surface area contributed by atoms with Gasteiger partial charge in [-0.2, -0.15) is 0 Å². The van der Waals surface area contributed by atoms with Gasteiger partial charge in [0.15, 0.2) is 11.5 Å². The Balaban J connectivity index is 1.80. The van der Waals surface area contributed by atoms with Crippen LogP contribution < -0.4 is 15.0 Å². The molecule has 0 spiro atoms. The zero-order valence-corrected chi connectivity index (χ0v) is 17.1. The first-order valence-corrected chi connectivity index (χ1v) is 10.4. The summed E-state index contributed by atoms with van der Waals surface area (Å²) in [7, 11) is 1.60. The van der Waals surface area contributed by atoms with Crippen molar-refractivity contribution in [2.24, 2.45) is 0 Å². The summed E-state index contributed by atoms with van der Waals surface area (Å²) in [4.78, 5) is 12.9. The molecule has 0 amide bonds. The number of aromatic nitrogens is 1. The molecule has 30 heavy (non-hydrogen) atoms. The summed E-state index contributed by atoms with van der Waals surface area (Å²) in [5, 5.41) is 21.9. The molecular formula is C24H27NO5. The first kappa shape index (κ1) is 20.3. The fourth-order valence-corrected chi connectivity index (χ4v) is 4.31. The molecule has 6 nitrogen and oxygen atoms in total. The van der Waals surface area contributed by atoms with E-state index in [-0.39, 0.29) is 30.6 Å². The fraction of sp³-hybridized carbons (Fsp3) is 0.375. The van der Waals surface area contributed by atoms with Crippen LogP contribution in [0.15, 0.2) is 53.3 Å². The Kier molecular flexibility index (Phi) is 5.95.